The number of fused-ring (bicyclic) bond motifs is 1. The second-order valence-electron chi connectivity index (χ2n) is 10.4. The maximum atomic E-state index is 12.9. The summed E-state index contributed by atoms with van der Waals surface area (Å²) in [6, 6.07) is 6.25. The lowest BCUT2D eigenvalue weighted by Gasteiger charge is -2.45. The van der Waals surface area contributed by atoms with E-state index in [9.17, 15) is 50.8 Å². The van der Waals surface area contributed by atoms with Crippen LogP contribution in [-0.4, -0.2) is 120 Å². The van der Waals surface area contributed by atoms with Gasteiger partial charge in [-0.3, -0.25) is 4.79 Å². The maximum Gasteiger partial charge on any atom is 0.229 e. The molecule has 3 aliphatic rings. The topological polar surface area (TPSA) is 245 Å². The number of carbonyl (C=O) groups excluding carboxylic acids is 1. The molecule has 3 aliphatic heterocycles. The van der Waals surface area contributed by atoms with Crippen molar-refractivity contribution in [3.05, 3.63) is 41.5 Å². The highest BCUT2D eigenvalue weighted by Gasteiger charge is 2.51. The van der Waals surface area contributed by atoms with Crippen LogP contribution in [-0.2, 0) is 14.2 Å². The van der Waals surface area contributed by atoms with Crippen molar-refractivity contribution in [2.24, 2.45) is 0 Å². The molecule has 15 heteroatoms. The smallest absolute Gasteiger partial charge is 0.229 e. The van der Waals surface area contributed by atoms with Crippen molar-refractivity contribution in [2.75, 3.05) is 6.61 Å². The Balaban J connectivity index is 1.42. The number of phenols is 3. The fourth-order valence-corrected chi connectivity index (χ4v) is 5.12. The number of carbonyl (C=O) groups is 1. The number of phenolic OH excluding ortho intramolecular Hbond substituents is 3. The highest BCUT2D eigenvalue weighted by Crippen LogP contribution is 2.43. The van der Waals surface area contributed by atoms with Crippen molar-refractivity contribution in [1.29, 1.82) is 0 Å². The molecule has 0 aromatic heterocycles. The molecule has 2 saturated heterocycles. The van der Waals surface area contributed by atoms with Crippen molar-refractivity contribution in [1.82, 2.24) is 0 Å². The first-order chi connectivity index (χ1) is 19.9. The minimum absolute atomic E-state index is 0.0941. The van der Waals surface area contributed by atoms with Crippen molar-refractivity contribution >= 4 is 5.78 Å². The first-order valence-electron chi connectivity index (χ1n) is 13.1. The van der Waals surface area contributed by atoms with Crippen molar-refractivity contribution in [3.8, 4) is 28.7 Å². The van der Waals surface area contributed by atoms with E-state index in [-0.39, 0.29) is 29.2 Å². The quantitative estimate of drug-likeness (QED) is 0.173. The van der Waals surface area contributed by atoms with Gasteiger partial charge in [-0.25, -0.2) is 0 Å². The highest BCUT2D eigenvalue weighted by atomic mass is 16.8. The van der Waals surface area contributed by atoms with Crippen LogP contribution in [0.4, 0.5) is 0 Å². The number of ketones is 1. The van der Waals surface area contributed by atoms with Crippen LogP contribution in [0.1, 0.15) is 35.4 Å². The van der Waals surface area contributed by atoms with Crippen molar-refractivity contribution < 1.29 is 74.4 Å². The monoisotopic (exact) mass is 596 g/mol. The third-order valence-corrected chi connectivity index (χ3v) is 7.52. The van der Waals surface area contributed by atoms with E-state index < -0.39 is 91.4 Å². The first kappa shape index (κ1) is 30.2. The number of hydrogen-bond acceptors (Lipinski definition) is 15. The number of aromatic hydroxyl groups is 3. The summed E-state index contributed by atoms with van der Waals surface area (Å²) in [7, 11) is 0. The Morgan fingerprint density at radius 2 is 1.57 bits per heavy atom. The zero-order valence-corrected chi connectivity index (χ0v) is 22.1. The van der Waals surface area contributed by atoms with Gasteiger partial charge in [0.1, 0.15) is 65.5 Å². The summed E-state index contributed by atoms with van der Waals surface area (Å²) >= 11 is 0. The van der Waals surface area contributed by atoms with Gasteiger partial charge in [-0.15, -0.1) is 0 Å². The molecule has 0 amide bonds. The molecule has 0 spiro atoms. The standard InChI is InChI=1S/C27H32O15/c1-9-20(33)22(35)24(37)26(38-9)42-25-23(36)21(34)18(8-28)41-27(25)39-11-5-14(31)19-15(32)7-16(40-17(19)6-11)10-2-3-12(29)13(30)4-10/h2-6,9,16,18,20-31,33-37H,7-8H2,1H3/t9-,16-,18-,20-,21+,22-,23+,24+,25+,26-,27+/m0/s1. The average Bonchev–Trinajstić information content (AvgIpc) is 2.95. The van der Waals surface area contributed by atoms with E-state index in [0.717, 1.165) is 6.07 Å². The van der Waals surface area contributed by atoms with Crippen LogP contribution >= 0.6 is 0 Å². The summed E-state index contributed by atoms with van der Waals surface area (Å²) in [6.45, 7) is 0.683. The van der Waals surface area contributed by atoms with Gasteiger partial charge < -0.3 is 69.6 Å². The number of rotatable bonds is 6. The van der Waals surface area contributed by atoms with E-state index >= 15 is 0 Å². The second-order valence-corrected chi connectivity index (χ2v) is 10.4. The van der Waals surface area contributed by atoms with E-state index in [1.54, 1.807) is 0 Å². The van der Waals surface area contributed by atoms with Crippen molar-refractivity contribution in [2.45, 2.75) is 80.9 Å². The summed E-state index contributed by atoms with van der Waals surface area (Å²) in [5, 5.41) is 91.6. The summed E-state index contributed by atoms with van der Waals surface area (Å²) in [4.78, 5) is 12.9. The van der Waals surface area contributed by atoms with Crippen molar-refractivity contribution in [3.63, 3.8) is 0 Å². The van der Waals surface area contributed by atoms with Gasteiger partial charge >= 0.3 is 0 Å². The van der Waals surface area contributed by atoms with Crippen LogP contribution in [0.2, 0.25) is 0 Å². The van der Waals surface area contributed by atoms with Gasteiger partial charge in [-0.05, 0) is 24.6 Å². The molecule has 0 saturated carbocycles. The lowest BCUT2D eigenvalue weighted by molar-refractivity contribution is -0.354. The number of benzene rings is 2. The highest BCUT2D eigenvalue weighted by molar-refractivity contribution is 6.02. The van der Waals surface area contributed by atoms with Crippen LogP contribution in [0.15, 0.2) is 30.3 Å². The number of hydrogen-bond donors (Lipinski definition) is 9. The molecule has 2 aromatic rings. The van der Waals surface area contributed by atoms with E-state index in [4.69, 9.17) is 23.7 Å². The minimum atomic E-state index is -1.77. The Hall–Kier alpha value is -3.25. The molecule has 11 atom stereocenters. The van der Waals surface area contributed by atoms with Crippen LogP contribution < -0.4 is 9.47 Å². The van der Waals surface area contributed by atoms with Gasteiger partial charge in [0.2, 0.25) is 6.29 Å². The van der Waals surface area contributed by atoms with Gasteiger partial charge in [-0.1, -0.05) is 6.07 Å². The molecular weight excluding hydrogens is 564 g/mol. The number of aliphatic hydroxyl groups is 6. The summed E-state index contributed by atoms with van der Waals surface area (Å²) in [6.07, 6.45) is -16.5. The Labute approximate surface area is 238 Å². The molecule has 230 valence electrons. The van der Waals surface area contributed by atoms with Gasteiger partial charge in [0, 0.05) is 12.1 Å². The zero-order chi connectivity index (χ0) is 30.5. The fraction of sp³-hybridized carbons (Fsp3) is 0.519. The minimum Gasteiger partial charge on any atom is -0.507 e. The van der Waals surface area contributed by atoms with Crippen LogP contribution in [0, 0.1) is 0 Å². The largest absolute Gasteiger partial charge is 0.507 e. The molecule has 5 rings (SSSR count). The molecule has 0 radical (unpaired) electrons. The summed E-state index contributed by atoms with van der Waals surface area (Å²) < 4.78 is 28.4. The van der Waals surface area contributed by atoms with Gasteiger partial charge in [0.25, 0.3) is 0 Å². The first-order valence-corrected chi connectivity index (χ1v) is 13.1. The van der Waals surface area contributed by atoms with Gasteiger partial charge in [-0.2, -0.15) is 0 Å². The Morgan fingerprint density at radius 3 is 2.26 bits per heavy atom. The molecule has 2 fully saturated rings. The molecule has 42 heavy (non-hydrogen) atoms. The van der Waals surface area contributed by atoms with E-state index in [1.807, 2.05) is 0 Å². The SMILES string of the molecule is C[C@@H]1O[C@@H](O[C@H]2[C@H](Oc3cc(O)c4c(c3)O[C@H](c3ccc(O)c(O)c3)CC4=O)O[C@@H](CO)[C@@H](O)[C@H]2O)[C@H](O)[C@@H](O)[C@H]1O. The Kier molecular flexibility index (Phi) is 8.48. The van der Waals surface area contributed by atoms with E-state index in [1.165, 1.54) is 31.2 Å². The van der Waals surface area contributed by atoms with Crippen LogP contribution in [0.3, 0.4) is 0 Å². The summed E-state index contributed by atoms with van der Waals surface area (Å²) in [5.41, 5.74) is 0.234. The number of Topliss-reactive ketones (excluding diaryl/α,β-unsaturated/α-hetero) is 1. The number of aliphatic hydroxyl groups excluding tert-OH is 6. The molecule has 3 heterocycles. The average molecular weight is 597 g/mol. The second kappa shape index (κ2) is 11.8. The molecule has 0 unspecified atom stereocenters. The predicted octanol–water partition coefficient (Wildman–Crippen LogP) is -1.46. The normalized spacial score (nSPS) is 36.6. The Morgan fingerprint density at radius 1 is 0.833 bits per heavy atom. The van der Waals surface area contributed by atoms with Crippen LogP contribution in [0.25, 0.3) is 0 Å². The molecule has 9 N–H and O–H groups in total. The van der Waals surface area contributed by atoms with E-state index in [0.29, 0.717) is 5.56 Å². The van der Waals surface area contributed by atoms with Gasteiger partial charge in [0.15, 0.2) is 29.7 Å². The third-order valence-electron chi connectivity index (χ3n) is 7.52. The van der Waals surface area contributed by atoms with E-state index in [2.05, 4.69) is 0 Å². The maximum absolute atomic E-state index is 12.9. The lowest BCUT2D eigenvalue weighted by atomic mass is 9.95. The predicted molar refractivity (Wildman–Crippen MR) is 136 cm³/mol. The molecule has 0 aliphatic carbocycles. The molecule has 2 aromatic carbocycles. The van der Waals surface area contributed by atoms with Crippen LogP contribution in [0.5, 0.6) is 28.7 Å². The third kappa shape index (κ3) is 5.58. The zero-order valence-electron chi connectivity index (χ0n) is 22.1. The molecule has 15 nitrogen and oxygen atoms in total. The van der Waals surface area contributed by atoms with Gasteiger partial charge in [0.05, 0.1) is 19.1 Å². The lowest BCUT2D eigenvalue weighted by Crippen LogP contribution is -2.64. The molecule has 0 bridgehead atoms. The molecular formula is C27H32O15. The number of ether oxygens (including phenoxy) is 5. The Bertz CT molecular complexity index is 1300. The fourth-order valence-electron chi connectivity index (χ4n) is 5.12. The summed E-state index contributed by atoms with van der Waals surface area (Å²) in [5.74, 6) is -2.02.